The molecule has 0 aromatic heterocycles. The molecule has 2 rings (SSSR count). The maximum absolute atomic E-state index is 14.0. The molecule has 1 saturated heterocycles. The van der Waals surface area contributed by atoms with Crippen LogP contribution in [0.25, 0.3) is 0 Å². The zero-order chi connectivity index (χ0) is 14.5. The number of methoxy groups -OCH3 is 1. The fourth-order valence-electron chi connectivity index (χ4n) is 2.83. The van der Waals surface area contributed by atoms with Crippen LogP contribution in [0.2, 0.25) is 0 Å². The average Bonchev–Trinajstić information content (AvgIpc) is 2.42. The smallest absolute Gasteiger partial charge is 0.131 e. The number of benzene rings is 1. The van der Waals surface area contributed by atoms with Gasteiger partial charge in [0.05, 0.1) is 7.11 Å². The van der Waals surface area contributed by atoms with E-state index < -0.39 is 0 Å². The minimum atomic E-state index is -0.239. The Kier molecular flexibility index (Phi) is 5.12. The van der Waals surface area contributed by atoms with Crippen LogP contribution >= 0.6 is 0 Å². The number of likely N-dealkylation sites (tertiary alicyclic amines) is 1. The second-order valence-corrected chi connectivity index (χ2v) is 5.48. The first kappa shape index (κ1) is 15.0. The molecule has 0 amide bonds. The summed E-state index contributed by atoms with van der Waals surface area (Å²) >= 11 is 0. The minimum Gasteiger partial charge on any atom is -0.497 e. The lowest BCUT2D eigenvalue weighted by atomic mass is 9.97. The number of hydrogen-bond acceptors (Lipinski definition) is 3. The van der Waals surface area contributed by atoms with Crippen molar-refractivity contribution in [2.75, 3.05) is 13.7 Å². The Morgan fingerprint density at radius 2 is 2.25 bits per heavy atom. The standard InChI is InChI=1S/C16H22FNO2/c1-12(19)9-14-5-3-4-8-18(14)11-13-6-7-15(20-2)10-16(13)17/h6-7,10,14H,3-5,8-9,11H2,1-2H3. The highest BCUT2D eigenvalue weighted by Crippen LogP contribution is 2.24. The molecule has 110 valence electrons. The number of piperidine rings is 1. The second-order valence-electron chi connectivity index (χ2n) is 5.48. The number of carbonyl (C=O) groups excluding carboxylic acids is 1. The molecule has 1 aliphatic rings. The van der Waals surface area contributed by atoms with Crippen molar-refractivity contribution in [2.45, 2.75) is 45.2 Å². The van der Waals surface area contributed by atoms with E-state index in [1.807, 2.05) is 0 Å². The van der Waals surface area contributed by atoms with Crippen LogP contribution in [0, 0.1) is 5.82 Å². The fraction of sp³-hybridized carbons (Fsp3) is 0.562. The Morgan fingerprint density at radius 3 is 2.90 bits per heavy atom. The van der Waals surface area contributed by atoms with Crippen molar-refractivity contribution in [3.05, 3.63) is 29.6 Å². The van der Waals surface area contributed by atoms with Gasteiger partial charge in [0.2, 0.25) is 0 Å². The molecule has 1 aromatic carbocycles. The van der Waals surface area contributed by atoms with Gasteiger partial charge in [-0.05, 0) is 32.4 Å². The third-order valence-corrected chi connectivity index (χ3v) is 3.91. The van der Waals surface area contributed by atoms with Crippen molar-refractivity contribution >= 4 is 5.78 Å². The van der Waals surface area contributed by atoms with Crippen molar-refractivity contribution in [1.29, 1.82) is 0 Å². The molecule has 1 heterocycles. The normalized spacial score (nSPS) is 19.9. The van der Waals surface area contributed by atoms with Crippen LogP contribution in [0.5, 0.6) is 5.75 Å². The first-order valence-corrected chi connectivity index (χ1v) is 7.16. The maximum Gasteiger partial charge on any atom is 0.131 e. The zero-order valence-electron chi connectivity index (χ0n) is 12.2. The SMILES string of the molecule is COc1ccc(CN2CCCCC2CC(C)=O)c(F)c1. The Labute approximate surface area is 119 Å². The van der Waals surface area contributed by atoms with E-state index in [2.05, 4.69) is 4.90 Å². The van der Waals surface area contributed by atoms with Gasteiger partial charge >= 0.3 is 0 Å². The topological polar surface area (TPSA) is 29.5 Å². The van der Waals surface area contributed by atoms with Gasteiger partial charge in [-0.2, -0.15) is 0 Å². The van der Waals surface area contributed by atoms with Crippen LogP contribution < -0.4 is 4.74 Å². The summed E-state index contributed by atoms with van der Waals surface area (Å²) in [4.78, 5) is 13.6. The van der Waals surface area contributed by atoms with E-state index in [0.29, 0.717) is 24.3 Å². The zero-order valence-corrected chi connectivity index (χ0v) is 12.2. The van der Waals surface area contributed by atoms with Crippen molar-refractivity contribution in [1.82, 2.24) is 4.90 Å². The highest BCUT2D eigenvalue weighted by molar-refractivity contribution is 5.76. The van der Waals surface area contributed by atoms with Gasteiger partial charge in [0, 0.05) is 30.6 Å². The van der Waals surface area contributed by atoms with Crippen LogP contribution in [-0.2, 0) is 11.3 Å². The molecule has 4 heteroatoms. The summed E-state index contributed by atoms with van der Waals surface area (Å²) in [6.45, 7) is 3.12. The van der Waals surface area contributed by atoms with E-state index in [0.717, 1.165) is 25.8 Å². The molecular weight excluding hydrogens is 257 g/mol. The Hall–Kier alpha value is -1.42. The van der Waals surface area contributed by atoms with Gasteiger partial charge in [-0.3, -0.25) is 9.69 Å². The first-order chi connectivity index (χ1) is 9.60. The Balaban J connectivity index is 2.08. The van der Waals surface area contributed by atoms with Gasteiger partial charge in [-0.25, -0.2) is 4.39 Å². The van der Waals surface area contributed by atoms with Crippen molar-refractivity contribution in [2.24, 2.45) is 0 Å². The molecule has 3 nitrogen and oxygen atoms in total. The van der Waals surface area contributed by atoms with Gasteiger partial charge in [0.25, 0.3) is 0 Å². The molecule has 0 aliphatic carbocycles. The van der Waals surface area contributed by atoms with Crippen LogP contribution in [0.1, 0.15) is 38.2 Å². The predicted octanol–water partition coefficient (Wildman–Crippen LogP) is 3.17. The summed E-state index contributed by atoms with van der Waals surface area (Å²) in [7, 11) is 1.53. The molecule has 0 radical (unpaired) electrons. The summed E-state index contributed by atoms with van der Waals surface area (Å²) in [5.74, 6) is 0.499. The van der Waals surface area contributed by atoms with Gasteiger partial charge in [-0.15, -0.1) is 0 Å². The van der Waals surface area contributed by atoms with E-state index in [1.165, 1.54) is 13.2 Å². The molecule has 0 N–H and O–H groups in total. The predicted molar refractivity (Wildman–Crippen MR) is 76.3 cm³/mol. The summed E-state index contributed by atoms with van der Waals surface area (Å²) in [6.07, 6.45) is 3.86. The van der Waals surface area contributed by atoms with Crippen LogP contribution in [0.4, 0.5) is 4.39 Å². The third kappa shape index (κ3) is 3.79. The van der Waals surface area contributed by atoms with E-state index in [-0.39, 0.29) is 17.6 Å². The fourth-order valence-corrected chi connectivity index (χ4v) is 2.83. The molecule has 0 saturated carbocycles. The number of rotatable bonds is 5. The molecule has 1 aromatic rings. The lowest BCUT2D eigenvalue weighted by Crippen LogP contribution is -2.40. The van der Waals surface area contributed by atoms with Gasteiger partial charge in [0.15, 0.2) is 0 Å². The first-order valence-electron chi connectivity index (χ1n) is 7.16. The van der Waals surface area contributed by atoms with E-state index in [1.54, 1.807) is 19.1 Å². The van der Waals surface area contributed by atoms with Crippen molar-refractivity contribution < 1.29 is 13.9 Å². The number of ether oxygens (including phenoxy) is 1. The van der Waals surface area contributed by atoms with Crippen LogP contribution in [-0.4, -0.2) is 30.4 Å². The molecule has 1 atom stereocenters. The quantitative estimate of drug-likeness (QED) is 0.829. The number of halogens is 1. The summed E-state index contributed by atoms with van der Waals surface area (Å²) in [5, 5.41) is 0. The monoisotopic (exact) mass is 279 g/mol. The lowest BCUT2D eigenvalue weighted by Gasteiger charge is -2.35. The molecule has 0 bridgehead atoms. The van der Waals surface area contributed by atoms with Gasteiger partial charge < -0.3 is 4.74 Å². The molecule has 1 unspecified atom stereocenters. The second kappa shape index (κ2) is 6.84. The maximum atomic E-state index is 14.0. The molecule has 1 aliphatic heterocycles. The molecule has 0 spiro atoms. The number of Topliss-reactive ketones (excluding diaryl/α,β-unsaturated/α-hetero) is 1. The van der Waals surface area contributed by atoms with E-state index in [4.69, 9.17) is 4.74 Å². The summed E-state index contributed by atoms with van der Waals surface area (Å²) in [6, 6.07) is 5.22. The molecule has 1 fully saturated rings. The van der Waals surface area contributed by atoms with Crippen molar-refractivity contribution in [3.63, 3.8) is 0 Å². The van der Waals surface area contributed by atoms with E-state index in [9.17, 15) is 9.18 Å². The molecule has 20 heavy (non-hydrogen) atoms. The number of ketones is 1. The Bertz CT molecular complexity index is 476. The number of carbonyl (C=O) groups is 1. The van der Waals surface area contributed by atoms with Crippen LogP contribution in [0.3, 0.4) is 0 Å². The average molecular weight is 279 g/mol. The van der Waals surface area contributed by atoms with Crippen molar-refractivity contribution in [3.8, 4) is 5.75 Å². The van der Waals surface area contributed by atoms with Gasteiger partial charge in [-0.1, -0.05) is 12.5 Å². The lowest BCUT2D eigenvalue weighted by molar-refractivity contribution is -0.118. The highest BCUT2D eigenvalue weighted by atomic mass is 19.1. The van der Waals surface area contributed by atoms with E-state index >= 15 is 0 Å². The third-order valence-electron chi connectivity index (χ3n) is 3.91. The Morgan fingerprint density at radius 1 is 1.45 bits per heavy atom. The molecular formula is C16H22FNO2. The van der Waals surface area contributed by atoms with Gasteiger partial charge in [0.1, 0.15) is 17.3 Å². The van der Waals surface area contributed by atoms with Crippen LogP contribution in [0.15, 0.2) is 18.2 Å². The number of nitrogens with zero attached hydrogens (tertiary/aromatic N) is 1. The highest BCUT2D eigenvalue weighted by Gasteiger charge is 2.24. The summed E-state index contributed by atoms with van der Waals surface area (Å²) < 4.78 is 19.0. The largest absolute Gasteiger partial charge is 0.497 e. The summed E-state index contributed by atoms with van der Waals surface area (Å²) in [5.41, 5.74) is 0.668. The number of hydrogen-bond donors (Lipinski definition) is 0. The minimum absolute atomic E-state index is 0.206.